The van der Waals surface area contributed by atoms with E-state index in [9.17, 15) is 9.59 Å². The quantitative estimate of drug-likeness (QED) is 0.134. The Morgan fingerprint density at radius 3 is 2.37 bits per heavy atom. The van der Waals surface area contributed by atoms with Gasteiger partial charge < -0.3 is 38.1 Å². The van der Waals surface area contributed by atoms with Crippen LogP contribution in [0.4, 0.5) is 0 Å². The van der Waals surface area contributed by atoms with E-state index in [1.807, 2.05) is 0 Å². The van der Waals surface area contributed by atoms with Gasteiger partial charge in [0.2, 0.25) is 0 Å². The van der Waals surface area contributed by atoms with Gasteiger partial charge in [-0.2, -0.15) is 0 Å². The van der Waals surface area contributed by atoms with Crippen LogP contribution in [-0.4, -0.2) is 68.1 Å². The number of likely N-dealkylation sites (tertiary alicyclic amines) is 1. The van der Waals surface area contributed by atoms with E-state index in [0.717, 1.165) is 23.9 Å². The maximum Gasteiger partial charge on any atom is 0.306 e. The van der Waals surface area contributed by atoms with Crippen LogP contribution in [0.25, 0.3) is 0 Å². The molecule has 1 aliphatic heterocycles. The van der Waals surface area contributed by atoms with Crippen LogP contribution >= 0.6 is 0 Å². The van der Waals surface area contributed by atoms with Gasteiger partial charge in [-0.15, -0.1) is 0 Å². The molecule has 0 bridgehead atoms. The summed E-state index contributed by atoms with van der Waals surface area (Å²) in [5.74, 6) is 5.81. The molecular formula is C21H37IN2O3. The second-order valence-corrected chi connectivity index (χ2v) is 8.20. The monoisotopic (exact) mass is 492 g/mol. The molecule has 27 heavy (non-hydrogen) atoms. The number of halogens is 1. The van der Waals surface area contributed by atoms with Crippen molar-refractivity contribution in [1.29, 1.82) is 0 Å². The summed E-state index contributed by atoms with van der Waals surface area (Å²) in [6.07, 6.45) is 8.56. The molecule has 5 nitrogen and oxygen atoms in total. The van der Waals surface area contributed by atoms with Crippen LogP contribution in [0.3, 0.4) is 0 Å². The Balaban J connectivity index is 0.00000676. The summed E-state index contributed by atoms with van der Waals surface area (Å²) in [5.41, 5.74) is 0. The van der Waals surface area contributed by atoms with E-state index in [1.54, 1.807) is 4.90 Å². The van der Waals surface area contributed by atoms with Crippen LogP contribution in [0.5, 0.6) is 0 Å². The average Bonchev–Trinajstić information content (AvgIpc) is 2.90. The molecule has 0 aromatic rings. The molecule has 1 atom stereocenters. The molecule has 1 amide bonds. The Labute approximate surface area is 182 Å². The third-order valence-corrected chi connectivity index (χ3v) is 4.45. The van der Waals surface area contributed by atoms with Crippen molar-refractivity contribution in [3.63, 3.8) is 0 Å². The number of unbranched alkanes of at least 4 members (excludes halogenated alkanes) is 6. The molecule has 0 saturated carbocycles. The van der Waals surface area contributed by atoms with Gasteiger partial charge in [0.05, 0.1) is 27.7 Å². The Morgan fingerprint density at radius 2 is 1.74 bits per heavy atom. The van der Waals surface area contributed by atoms with Gasteiger partial charge in [-0.25, -0.2) is 0 Å². The van der Waals surface area contributed by atoms with Gasteiger partial charge in [0.15, 0.2) is 6.10 Å². The largest absolute Gasteiger partial charge is 1.00 e. The van der Waals surface area contributed by atoms with Gasteiger partial charge in [-0.3, -0.25) is 9.59 Å². The van der Waals surface area contributed by atoms with Crippen molar-refractivity contribution >= 4 is 11.9 Å². The first-order chi connectivity index (χ1) is 12.3. The molecule has 0 radical (unpaired) electrons. The number of carbonyl (C=O) groups excluding carboxylic acids is 2. The van der Waals surface area contributed by atoms with Gasteiger partial charge >= 0.3 is 5.97 Å². The molecule has 1 heterocycles. The zero-order valence-electron chi connectivity index (χ0n) is 17.6. The summed E-state index contributed by atoms with van der Waals surface area (Å²) in [6.45, 7) is 4.00. The molecule has 0 aromatic carbocycles. The van der Waals surface area contributed by atoms with Crippen LogP contribution in [0.1, 0.15) is 64.7 Å². The van der Waals surface area contributed by atoms with Crippen LogP contribution in [-0.2, 0) is 14.3 Å². The Kier molecular flexibility index (Phi) is 13.8. The van der Waals surface area contributed by atoms with Gasteiger partial charge in [-0.1, -0.05) is 51.4 Å². The number of carbonyl (C=O) groups is 2. The molecule has 156 valence electrons. The highest BCUT2D eigenvalue weighted by atomic mass is 127. The highest BCUT2D eigenvalue weighted by Crippen LogP contribution is 2.16. The third kappa shape index (κ3) is 12.3. The van der Waals surface area contributed by atoms with Crippen LogP contribution in [0, 0.1) is 11.8 Å². The minimum Gasteiger partial charge on any atom is -1.00 e. The molecule has 0 aliphatic carbocycles. The number of rotatable bonds is 11. The van der Waals surface area contributed by atoms with Gasteiger partial charge in [-0.05, 0) is 12.3 Å². The number of hydrogen-bond donors (Lipinski definition) is 0. The number of nitrogens with zero attached hydrogens (tertiary/aromatic N) is 2. The lowest BCUT2D eigenvalue weighted by molar-refractivity contribution is -0.862. The van der Waals surface area contributed by atoms with Crippen LogP contribution in [0.2, 0.25) is 0 Å². The number of ether oxygens (including phenoxy) is 1. The van der Waals surface area contributed by atoms with E-state index in [-0.39, 0.29) is 35.9 Å². The molecule has 1 fully saturated rings. The molecule has 6 heteroatoms. The van der Waals surface area contributed by atoms with E-state index in [1.165, 1.54) is 32.1 Å². The zero-order chi connectivity index (χ0) is 19.4. The van der Waals surface area contributed by atoms with E-state index >= 15 is 0 Å². The summed E-state index contributed by atoms with van der Waals surface area (Å²) in [5, 5.41) is 0. The second-order valence-electron chi connectivity index (χ2n) is 8.20. The number of amides is 1. The Bertz CT molecular complexity index is 506. The van der Waals surface area contributed by atoms with E-state index in [2.05, 4.69) is 39.9 Å². The summed E-state index contributed by atoms with van der Waals surface area (Å²) in [4.78, 5) is 25.9. The molecule has 0 N–H and O–H groups in total. The summed E-state index contributed by atoms with van der Waals surface area (Å²) >= 11 is 0. The second kappa shape index (κ2) is 14.2. The number of quaternary nitrogens is 1. The van der Waals surface area contributed by atoms with E-state index in [4.69, 9.17) is 4.74 Å². The molecular weight excluding hydrogens is 455 g/mol. The number of hydrogen-bond acceptors (Lipinski definition) is 3. The number of esters is 1. The maximum atomic E-state index is 12.3. The third-order valence-electron chi connectivity index (χ3n) is 4.45. The van der Waals surface area contributed by atoms with Gasteiger partial charge in [0.1, 0.15) is 6.54 Å². The fourth-order valence-electron chi connectivity index (χ4n) is 2.87. The van der Waals surface area contributed by atoms with Gasteiger partial charge in [0.25, 0.3) is 5.91 Å². The fraction of sp³-hybridized carbons (Fsp3) is 0.810. The first-order valence-corrected chi connectivity index (χ1v) is 10.1. The standard InChI is InChI=1S/C21H37N2O3.HI/c1-5-6-7-8-9-10-11-14-20(24)26-19-15-17-22(21(19)25)16-12-13-18-23(2,3)4;/h19H,5-11,14-18H2,1-4H3;1H/q+1;/p-1. The summed E-state index contributed by atoms with van der Waals surface area (Å²) < 4.78 is 6.16. The minimum absolute atomic E-state index is 0. The zero-order valence-corrected chi connectivity index (χ0v) is 19.7. The lowest BCUT2D eigenvalue weighted by Gasteiger charge is -2.20. The molecule has 1 unspecified atom stereocenters. The first kappa shape index (κ1) is 26.2. The normalized spacial score (nSPS) is 16.5. The van der Waals surface area contributed by atoms with Crippen molar-refractivity contribution in [2.75, 3.05) is 40.8 Å². The highest BCUT2D eigenvalue weighted by Gasteiger charge is 2.33. The molecule has 0 aromatic heterocycles. The minimum atomic E-state index is -0.604. The maximum absolute atomic E-state index is 12.3. The predicted octanol–water partition coefficient (Wildman–Crippen LogP) is -0.0152. The average molecular weight is 492 g/mol. The first-order valence-electron chi connectivity index (χ1n) is 10.1. The molecule has 1 rings (SSSR count). The lowest BCUT2D eigenvalue weighted by atomic mass is 10.1. The van der Waals surface area contributed by atoms with Crippen molar-refractivity contribution in [3.05, 3.63) is 0 Å². The molecule has 1 saturated heterocycles. The van der Waals surface area contributed by atoms with Crippen molar-refractivity contribution in [1.82, 2.24) is 4.90 Å². The molecule has 1 aliphatic rings. The van der Waals surface area contributed by atoms with Gasteiger partial charge in [0, 0.05) is 19.4 Å². The predicted molar refractivity (Wildman–Crippen MR) is 104 cm³/mol. The SMILES string of the molecule is CCCCCCCCCC(=O)OC1CCN(CC#CC[N+](C)(C)C)C1=O.[I-]. The smallest absolute Gasteiger partial charge is 0.306 e. The summed E-state index contributed by atoms with van der Waals surface area (Å²) in [6, 6.07) is 0. The van der Waals surface area contributed by atoms with Crippen LogP contribution < -0.4 is 24.0 Å². The van der Waals surface area contributed by atoms with E-state index in [0.29, 0.717) is 25.9 Å². The topological polar surface area (TPSA) is 46.6 Å². The van der Waals surface area contributed by atoms with Crippen molar-refractivity contribution in [2.24, 2.45) is 0 Å². The van der Waals surface area contributed by atoms with Crippen molar-refractivity contribution in [3.8, 4) is 11.8 Å². The van der Waals surface area contributed by atoms with Crippen LogP contribution in [0.15, 0.2) is 0 Å². The Hall–Kier alpha value is -0.810. The van der Waals surface area contributed by atoms with E-state index < -0.39 is 6.10 Å². The lowest BCUT2D eigenvalue weighted by Crippen LogP contribution is -3.00. The summed E-state index contributed by atoms with van der Waals surface area (Å²) in [7, 11) is 6.24. The Morgan fingerprint density at radius 1 is 1.11 bits per heavy atom. The molecule has 0 spiro atoms. The highest BCUT2D eigenvalue weighted by molar-refractivity contribution is 5.85. The van der Waals surface area contributed by atoms with Crippen molar-refractivity contribution in [2.45, 2.75) is 70.8 Å². The van der Waals surface area contributed by atoms with Crippen molar-refractivity contribution < 1.29 is 42.8 Å². The fourth-order valence-corrected chi connectivity index (χ4v) is 2.87.